The van der Waals surface area contributed by atoms with Crippen LogP contribution in [0.4, 0.5) is 0 Å². The van der Waals surface area contributed by atoms with E-state index in [0.717, 1.165) is 25.9 Å². The summed E-state index contributed by atoms with van der Waals surface area (Å²) in [4.78, 5) is 25.5. The molecular formula is C32H62N2O2. The summed E-state index contributed by atoms with van der Waals surface area (Å²) in [6.45, 7) is 6.12. The van der Waals surface area contributed by atoms with E-state index >= 15 is 0 Å². The summed E-state index contributed by atoms with van der Waals surface area (Å²) in [6, 6.07) is 0. The maximum absolute atomic E-state index is 12.5. The zero-order chi connectivity index (χ0) is 26.5. The molecular weight excluding hydrogens is 444 g/mol. The summed E-state index contributed by atoms with van der Waals surface area (Å²) < 4.78 is 0. The average Bonchev–Trinajstić information content (AvgIpc) is 2.87. The number of nitrogens with zero attached hydrogens (tertiary/aromatic N) is 1. The highest BCUT2D eigenvalue weighted by atomic mass is 16.2. The third-order valence-electron chi connectivity index (χ3n) is 7.27. The first-order chi connectivity index (χ1) is 17.6. The fraction of sp³-hybridized carbons (Fsp3) is 0.875. The normalized spacial score (nSPS) is 11.4. The van der Waals surface area contributed by atoms with Crippen LogP contribution in [0.5, 0.6) is 0 Å². The minimum absolute atomic E-state index is 0.0695. The smallest absolute Gasteiger partial charge is 0.246 e. The Kier molecular flexibility index (Phi) is 27.2. The van der Waals surface area contributed by atoms with Gasteiger partial charge < -0.3 is 10.6 Å². The summed E-state index contributed by atoms with van der Waals surface area (Å²) in [5, 5.41) is 0. The number of hydrogen-bond acceptors (Lipinski definition) is 2. The Bertz CT molecular complexity index is 490. The fourth-order valence-electron chi connectivity index (χ4n) is 4.88. The van der Waals surface area contributed by atoms with Crippen molar-refractivity contribution in [1.82, 2.24) is 4.90 Å². The SMILES string of the molecule is CCCCCCCCCCCCCCN(CCCCCCCCCCCCCC)C(=O)C=CC(N)=O. The summed E-state index contributed by atoms with van der Waals surface area (Å²) in [6.07, 6.45) is 34.2. The van der Waals surface area contributed by atoms with E-state index in [1.165, 1.54) is 153 Å². The van der Waals surface area contributed by atoms with Gasteiger partial charge in [-0.05, 0) is 12.8 Å². The molecule has 0 aliphatic heterocycles. The molecule has 0 radical (unpaired) electrons. The van der Waals surface area contributed by atoms with Crippen LogP contribution in [0, 0.1) is 0 Å². The van der Waals surface area contributed by atoms with Gasteiger partial charge in [0, 0.05) is 25.2 Å². The van der Waals surface area contributed by atoms with Gasteiger partial charge in [-0.1, -0.05) is 155 Å². The third-order valence-corrected chi connectivity index (χ3v) is 7.27. The first-order valence-corrected chi connectivity index (χ1v) is 15.9. The monoisotopic (exact) mass is 506 g/mol. The predicted molar refractivity (Wildman–Crippen MR) is 157 cm³/mol. The molecule has 0 rings (SSSR count). The molecule has 0 aliphatic carbocycles. The van der Waals surface area contributed by atoms with Crippen LogP contribution in [0.1, 0.15) is 168 Å². The van der Waals surface area contributed by atoms with Gasteiger partial charge in [0.2, 0.25) is 11.8 Å². The van der Waals surface area contributed by atoms with E-state index in [9.17, 15) is 9.59 Å². The number of carbonyl (C=O) groups is 2. The van der Waals surface area contributed by atoms with Crippen molar-refractivity contribution in [2.24, 2.45) is 5.73 Å². The van der Waals surface area contributed by atoms with Crippen molar-refractivity contribution >= 4 is 11.8 Å². The molecule has 212 valence electrons. The lowest BCUT2D eigenvalue weighted by atomic mass is 10.0. The second-order valence-corrected chi connectivity index (χ2v) is 10.8. The van der Waals surface area contributed by atoms with Gasteiger partial charge in [-0.3, -0.25) is 9.59 Å². The minimum Gasteiger partial charge on any atom is -0.366 e. The molecule has 0 bridgehead atoms. The Labute approximate surface area is 225 Å². The third kappa shape index (κ3) is 25.8. The van der Waals surface area contributed by atoms with Crippen molar-refractivity contribution < 1.29 is 9.59 Å². The van der Waals surface area contributed by atoms with Gasteiger partial charge in [0.1, 0.15) is 0 Å². The maximum atomic E-state index is 12.5. The summed E-state index contributed by atoms with van der Waals surface area (Å²) >= 11 is 0. The van der Waals surface area contributed by atoms with Crippen LogP contribution in [-0.4, -0.2) is 29.8 Å². The van der Waals surface area contributed by atoms with Crippen LogP contribution in [-0.2, 0) is 9.59 Å². The topological polar surface area (TPSA) is 63.4 Å². The quantitative estimate of drug-likeness (QED) is 0.0848. The van der Waals surface area contributed by atoms with E-state index in [-0.39, 0.29) is 5.91 Å². The van der Waals surface area contributed by atoms with Crippen LogP contribution >= 0.6 is 0 Å². The Balaban J connectivity index is 3.89. The van der Waals surface area contributed by atoms with Crippen molar-refractivity contribution in [3.63, 3.8) is 0 Å². The van der Waals surface area contributed by atoms with E-state index < -0.39 is 5.91 Å². The molecule has 36 heavy (non-hydrogen) atoms. The maximum Gasteiger partial charge on any atom is 0.246 e. The second-order valence-electron chi connectivity index (χ2n) is 10.8. The van der Waals surface area contributed by atoms with E-state index in [1.807, 2.05) is 4.90 Å². The second kappa shape index (κ2) is 28.3. The first kappa shape index (κ1) is 34.7. The highest BCUT2D eigenvalue weighted by molar-refractivity contribution is 5.95. The molecule has 4 heteroatoms. The highest BCUT2D eigenvalue weighted by Gasteiger charge is 2.10. The molecule has 0 aromatic carbocycles. The van der Waals surface area contributed by atoms with Crippen molar-refractivity contribution in [3.05, 3.63) is 12.2 Å². The molecule has 4 nitrogen and oxygen atoms in total. The number of unbranched alkanes of at least 4 members (excludes halogenated alkanes) is 22. The van der Waals surface area contributed by atoms with E-state index in [1.54, 1.807) is 0 Å². The van der Waals surface area contributed by atoms with Crippen molar-refractivity contribution in [1.29, 1.82) is 0 Å². The highest BCUT2D eigenvalue weighted by Crippen LogP contribution is 2.14. The van der Waals surface area contributed by atoms with Gasteiger partial charge in [-0.25, -0.2) is 0 Å². The summed E-state index contributed by atoms with van der Waals surface area (Å²) in [7, 11) is 0. The Hall–Kier alpha value is -1.32. The van der Waals surface area contributed by atoms with Gasteiger partial charge in [-0.2, -0.15) is 0 Å². The summed E-state index contributed by atoms with van der Waals surface area (Å²) in [5.41, 5.74) is 5.18. The number of hydrogen-bond donors (Lipinski definition) is 1. The van der Waals surface area contributed by atoms with Crippen LogP contribution in [0.15, 0.2) is 12.2 Å². The van der Waals surface area contributed by atoms with Gasteiger partial charge in [0.15, 0.2) is 0 Å². The molecule has 0 aromatic rings. The molecule has 0 spiro atoms. The summed E-state index contributed by atoms with van der Waals surface area (Å²) in [5.74, 6) is -0.626. The molecule has 0 heterocycles. The molecule has 0 saturated heterocycles. The predicted octanol–water partition coefficient (Wildman–Crippen LogP) is 9.26. The van der Waals surface area contributed by atoms with Crippen LogP contribution in [0.25, 0.3) is 0 Å². The minimum atomic E-state index is -0.556. The van der Waals surface area contributed by atoms with Gasteiger partial charge >= 0.3 is 0 Å². The number of nitrogens with two attached hydrogens (primary N) is 1. The molecule has 2 amide bonds. The lowest BCUT2D eigenvalue weighted by Gasteiger charge is -2.21. The lowest BCUT2D eigenvalue weighted by molar-refractivity contribution is -0.126. The van der Waals surface area contributed by atoms with Crippen LogP contribution < -0.4 is 5.73 Å². The van der Waals surface area contributed by atoms with E-state index in [2.05, 4.69) is 13.8 Å². The van der Waals surface area contributed by atoms with Gasteiger partial charge in [0.25, 0.3) is 0 Å². The zero-order valence-corrected chi connectivity index (χ0v) is 24.4. The molecule has 0 aliphatic rings. The van der Waals surface area contributed by atoms with Gasteiger partial charge in [0.05, 0.1) is 0 Å². The Morgan fingerprint density at radius 2 is 0.750 bits per heavy atom. The van der Waals surface area contributed by atoms with Crippen molar-refractivity contribution in [2.45, 2.75) is 168 Å². The Morgan fingerprint density at radius 3 is 1.03 bits per heavy atom. The number of carbonyl (C=O) groups excluding carboxylic acids is 2. The molecule has 0 unspecified atom stereocenters. The number of rotatable bonds is 28. The molecule has 0 aromatic heterocycles. The number of primary amides is 1. The lowest BCUT2D eigenvalue weighted by Crippen LogP contribution is -2.32. The molecule has 0 saturated carbocycles. The fourth-order valence-corrected chi connectivity index (χ4v) is 4.88. The van der Waals surface area contributed by atoms with Gasteiger partial charge in [-0.15, -0.1) is 0 Å². The molecule has 0 fully saturated rings. The van der Waals surface area contributed by atoms with Crippen molar-refractivity contribution in [3.8, 4) is 0 Å². The average molecular weight is 507 g/mol. The van der Waals surface area contributed by atoms with E-state index in [4.69, 9.17) is 5.73 Å². The molecule has 0 atom stereocenters. The van der Waals surface area contributed by atoms with Crippen molar-refractivity contribution in [2.75, 3.05) is 13.1 Å². The standard InChI is InChI=1S/C32H62N2O2/c1-3-5-7-9-11-13-15-17-19-21-23-25-29-34(32(36)28-27-31(33)35)30-26-24-22-20-18-16-14-12-10-8-6-4-2/h27-28H,3-26,29-30H2,1-2H3,(H2,33,35). The first-order valence-electron chi connectivity index (χ1n) is 15.9. The largest absolute Gasteiger partial charge is 0.366 e. The molecule has 2 N–H and O–H groups in total. The van der Waals surface area contributed by atoms with Crippen LogP contribution in [0.3, 0.4) is 0 Å². The van der Waals surface area contributed by atoms with E-state index in [0.29, 0.717) is 0 Å². The zero-order valence-electron chi connectivity index (χ0n) is 24.4. The van der Waals surface area contributed by atoms with Crippen LogP contribution in [0.2, 0.25) is 0 Å². The Morgan fingerprint density at radius 1 is 0.472 bits per heavy atom. The number of amides is 2.